The lowest BCUT2D eigenvalue weighted by molar-refractivity contribution is -0.116. The average molecular weight is 464 g/mol. The maximum Gasteiger partial charge on any atom is 0.409 e. The zero-order valence-electron chi connectivity index (χ0n) is 18.5. The molecule has 7 nitrogen and oxygen atoms in total. The van der Waals surface area contributed by atoms with Crippen molar-refractivity contribution in [2.24, 2.45) is 0 Å². The summed E-state index contributed by atoms with van der Waals surface area (Å²) in [5, 5.41) is 16.9. The smallest absolute Gasteiger partial charge is 0.409 e. The zero-order valence-corrected chi connectivity index (χ0v) is 18.5. The molecule has 3 aromatic carbocycles. The Morgan fingerprint density at radius 1 is 0.676 bits per heavy atom. The summed E-state index contributed by atoms with van der Waals surface area (Å²) in [5.74, 6) is -0.776. The number of unbranched alkanes of at least 4 members (excludes halogenated alkanes) is 2. The minimum absolute atomic E-state index is 0.168. The number of hydrogen-bond donors (Lipinski definition) is 4. The van der Waals surface area contributed by atoms with Gasteiger partial charge in [-0.2, -0.15) is 0 Å². The van der Waals surface area contributed by atoms with Gasteiger partial charge in [-0.1, -0.05) is 42.8 Å². The van der Waals surface area contributed by atoms with Gasteiger partial charge in [0.05, 0.1) is 11.4 Å². The lowest BCUT2D eigenvalue weighted by Gasteiger charge is -2.13. The van der Waals surface area contributed by atoms with Crippen molar-refractivity contribution in [3.63, 3.8) is 0 Å². The number of carboxylic acid groups (broad SMARTS) is 1. The molecule has 176 valence electrons. The van der Waals surface area contributed by atoms with Crippen molar-refractivity contribution in [2.75, 3.05) is 16.0 Å². The van der Waals surface area contributed by atoms with E-state index in [0.29, 0.717) is 37.1 Å². The van der Waals surface area contributed by atoms with E-state index >= 15 is 0 Å². The van der Waals surface area contributed by atoms with Crippen LogP contribution in [0.5, 0.6) is 0 Å². The van der Waals surface area contributed by atoms with E-state index in [1.165, 1.54) is 24.3 Å². The molecule has 0 saturated carbocycles. The van der Waals surface area contributed by atoms with E-state index in [1.54, 1.807) is 18.2 Å². The lowest BCUT2D eigenvalue weighted by atomic mass is 10.0. The van der Waals surface area contributed by atoms with Gasteiger partial charge < -0.3 is 15.7 Å². The van der Waals surface area contributed by atoms with E-state index in [1.807, 2.05) is 30.3 Å². The highest BCUT2D eigenvalue weighted by Crippen LogP contribution is 2.29. The topological polar surface area (TPSA) is 108 Å². The molecular weight excluding hydrogens is 437 g/mol. The van der Waals surface area contributed by atoms with Gasteiger partial charge in [-0.3, -0.25) is 14.9 Å². The molecule has 0 aromatic heterocycles. The summed E-state index contributed by atoms with van der Waals surface area (Å²) in [6, 6.07) is 20.2. The van der Waals surface area contributed by atoms with E-state index in [-0.39, 0.29) is 29.7 Å². The average Bonchev–Trinajstić information content (AvgIpc) is 2.82. The summed E-state index contributed by atoms with van der Waals surface area (Å²) in [4.78, 5) is 35.6. The van der Waals surface area contributed by atoms with Crippen LogP contribution in [0.25, 0.3) is 11.1 Å². The van der Waals surface area contributed by atoms with Gasteiger partial charge in [0.25, 0.3) is 0 Å². The van der Waals surface area contributed by atoms with Crippen molar-refractivity contribution < 1.29 is 23.9 Å². The summed E-state index contributed by atoms with van der Waals surface area (Å²) in [6.45, 7) is 0. The number of carbonyl (C=O) groups excluding carboxylic acids is 2. The first-order chi connectivity index (χ1) is 16.4. The molecule has 34 heavy (non-hydrogen) atoms. The van der Waals surface area contributed by atoms with E-state index in [9.17, 15) is 18.8 Å². The highest BCUT2D eigenvalue weighted by Gasteiger charge is 2.11. The molecule has 4 N–H and O–H groups in total. The van der Waals surface area contributed by atoms with E-state index < -0.39 is 6.09 Å². The minimum atomic E-state index is -1.22. The van der Waals surface area contributed by atoms with Gasteiger partial charge in [-0.05, 0) is 60.4 Å². The van der Waals surface area contributed by atoms with Crippen LogP contribution in [0.3, 0.4) is 0 Å². The van der Waals surface area contributed by atoms with Crippen molar-refractivity contribution in [1.29, 1.82) is 0 Å². The van der Waals surface area contributed by atoms with Crippen molar-refractivity contribution >= 4 is 35.0 Å². The predicted octanol–water partition coefficient (Wildman–Crippen LogP) is 6.11. The number of benzene rings is 3. The van der Waals surface area contributed by atoms with Crippen LogP contribution in [-0.2, 0) is 9.59 Å². The molecule has 0 aliphatic carbocycles. The van der Waals surface area contributed by atoms with Gasteiger partial charge in [0.1, 0.15) is 5.82 Å². The van der Waals surface area contributed by atoms with Crippen LogP contribution in [0.2, 0.25) is 0 Å². The second kappa shape index (κ2) is 12.2. The summed E-state index contributed by atoms with van der Waals surface area (Å²) in [5.41, 5.74) is 3.00. The molecule has 3 rings (SSSR count). The molecule has 0 spiro atoms. The van der Waals surface area contributed by atoms with Gasteiger partial charge in [-0.15, -0.1) is 0 Å². The number of carbonyl (C=O) groups is 3. The summed E-state index contributed by atoms with van der Waals surface area (Å²) in [6.07, 6.45) is 1.17. The number of halogens is 1. The largest absolute Gasteiger partial charge is 0.465 e. The fourth-order valence-electron chi connectivity index (χ4n) is 3.40. The van der Waals surface area contributed by atoms with Gasteiger partial charge in [0.2, 0.25) is 11.8 Å². The van der Waals surface area contributed by atoms with E-state index in [2.05, 4.69) is 16.0 Å². The van der Waals surface area contributed by atoms with Crippen LogP contribution in [0, 0.1) is 5.82 Å². The van der Waals surface area contributed by atoms with Crippen molar-refractivity contribution in [3.8, 4) is 11.1 Å². The third-order valence-electron chi connectivity index (χ3n) is 5.08. The second-order valence-electron chi connectivity index (χ2n) is 7.72. The van der Waals surface area contributed by atoms with Crippen LogP contribution in [-0.4, -0.2) is 23.0 Å². The first kappa shape index (κ1) is 24.4. The Morgan fingerprint density at radius 2 is 1.32 bits per heavy atom. The molecular formula is C26H26FN3O4. The SMILES string of the molecule is O=C(O)Nc1ccc(-c2ccccc2)cc1NC(=O)CCCCCC(=O)Nc1ccc(F)cc1. The third kappa shape index (κ3) is 7.74. The van der Waals surface area contributed by atoms with Crippen LogP contribution in [0.4, 0.5) is 26.2 Å². The van der Waals surface area contributed by atoms with Gasteiger partial charge in [0, 0.05) is 18.5 Å². The van der Waals surface area contributed by atoms with Crippen LogP contribution in [0.1, 0.15) is 32.1 Å². The molecule has 0 fully saturated rings. The molecule has 3 aromatic rings. The molecule has 0 radical (unpaired) electrons. The quantitative estimate of drug-likeness (QED) is 0.272. The third-order valence-corrected chi connectivity index (χ3v) is 5.08. The first-order valence-corrected chi connectivity index (χ1v) is 11.0. The van der Waals surface area contributed by atoms with E-state index in [0.717, 1.165) is 11.1 Å². The van der Waals surface area contributed by atoms with Crippen molar-refractivity contribution in [3.05, 3.63) is 78.6 Å². The molecule has 0 bridgehead atoms. The fourth-order valence-corrected chi connectivity index (χ4v) is 3.40. The molecule has 8 heteroatoms. The maximum absolute atomic E-state index is 12.9. The molecule has 0 aliphatic rings. The van der Waals surface area contributed by atoms with Crippen molar-refractivity contribution in [1.82, 2.24) is 0 Å². The van der Waals surface area contributed by atoms with Gasteiger partial charge in [-0.25, -0.2) is 9.18 Å². The van der Waals surface area contributed by atoms with Crippen molar-refractivity contribution in [2.45, 2.75) is 32.1 Å². The van der Waals surface area contributed by atoms with Gasteiger partial charge in [0.15, 0.2) is 0 Å². The summed E-state index contributed by atoms with van der Waals surface area (Å²) in [7, 11) is 0. The number of hydrogen-bond acceptors (Lipinski definition) is 3. The van der Waals surface area contributed by atoms with Crippen LogP contribution >= 0.6 is 0 Å². The van der Waals surface area contributed by atoms with E-state index in [4.69, 9.17) is 5.11 Å². The standard InChI is InChI=1S/C26H26FN3O4/c27-20-12-14-21(15-13-20)28-24(31)9-5-2-6-10-25(32)29-23-17-19(18-7-3-1-4-8-18)11-16-22(23)30-26(33)34/h1,3-4,7-8,11-17,30H,2,5-6,9-10H2,(H,28,31)(H,29,32)(H,33,34). The monoisotopic (exact) mass is 463 g/mol. The summed E-state index contributed by atoms with van der Waals surface area (Å²) < 4.78 is 12.9. The Kier molecular flexibility index (Phi) is 8.73. The van der Waals surface area contributed by atoms with Gasteiger partial charge >= 0.3 is 6.09 Å². The molecule has 0 aliphatic heterocycles. The summed E-state index contributed by atoms with van der Waals surface area (Å²) >= 11 is 0. The molecule has 0 unspecified atom stereocenters. The Balaban J connectivity index is 1.48. The predicted molar refractivity (Wildman–Crippen MR) is 130 cm³/mol. The molecule has 0 atom stereocenters. The Morgan fingerprint density at radius 3 is 1.97 bits per heavy atom. The first-order valence-electron chi connectivity index (χ1n) is 11.0. The lowest BCUT2D eigenvalue weighted by Crippen LogP contribution is -2.15. The second-order valence-corrected chi connectivity index (χ2v) is 7.72. The van der Waals surface area contributed by atoms with Crippen LogP contribution in [0.15, 0.2) is 72.8 Å². The number of anilines is 3. The zero-order chi connectivity index (χ0) is 24.3. The highest BCUT2D eigenvalue weighted by molar-refractivity contribution is 5.98. The number of nitrogens with one attached hydrogen (secondary N) is 3. The Labute approximate surface area is 197 Å². The normalized spacial score (nSPS) is 10.4. The Hall–Kier alpha value is -4.20. The maximum atomic E-state index is 12.9. The fraction of sp³-hybridized carbons (Fsp3) is 0.192. The number of rotatable bonds is 10. The minimum Gasteiger partial charge on any atom is -0.465 e. The molecule has 3 amide bonds. The Bertz CT molecular complexity index is 1130. The molecule has 0 heterocycles. The molecule has 0 saturated heterocycles. The number of amides is 3. The van der Waals surface area contributed by atoms with Crippen LogP contribution < -0.4 is 16.0 Å². The highest BCUT2D eigenvalue weighted by atomic mass is 19.1.